The summed E-state index contributed by atoms with van der Waals surface area (Å²) in [5.74, 6) is 4.06. The Morgan fingerprint density at radius 1 is 0.889 bits per heavy atom. The topological polar surface area (TPSA) is 12.0 Å². The lowest BCUT2D eigenvalue weighted by Crippen LogP contribution is -2.50. The highest BCUT2D eigenvalue weighted by atomic mass is 32.2. The molecule has 1 nitrogen and oxygen atoms in total. The molecule has 3 fully saturated rings. The smallest absolute Gasteiger partial charge is 0.0208 e. The predicted octanol–water partition coefficient (Wildman–Crippen LogP) is 6.38. The molecule has 0 aliphatic heterocycles. The van der Waals surface area contributed by atoms with Gasteiger partial charge in [0.1, 0.15) is 0 Å². The van der Waals surface area contributed by atoms with Gasteiger partial charge in [0.2, 0.25) is 0 Å². The van der Waals surface area contributed by atoms with E-state index in [0.29, 0.717) is 0 Å². The zero-order valence-corrected chi connectivity index (χ0v) is 17.2. The molecule has 0 radical (unpaired) electrons. The lowest BCUT2D eigenvalue weighted by molar-refractivity contribution is 0.00606. The van der Waals surface area contributed by atoms with Gasteiger partial charge in [-0.25, -0.2) is 0 Å². The van der Waals surface area contributed by atoms with E-state index >= 15 is 0 Å². The summed E-state index contributed by atoms with van der Waals surface area (Å²) >= 11 is 1.83. The SMILES string of the molecule is CSc1ccccc1-c1ccc(CNC2CC3CC4CCC2C(C4)C3)cc1. The molecule has 3 saturated carbocycles. The highest BCUT2D eigenvalue weighted by Gasteiger charge is 2.45. The van der Waals surface area contributed by atoms with E-state index in [4.69, 9.17) is 0 Å². The van der Waals surface area contributed by atoms with Gasteiger partial charge in [-0.1, -0.05) is 48.9 Å². The Balaban J connectivity index is 1.25. The van der Waals surface area contributed by atoms with Crippen LogP contribution in [0.2, 0.25) is 0 Å². The van der Waals surface area contributed by atoms with Crippen molar-refractivity contribution in [2.45, 2.75) is 56.0 Å². The molecule has 0 amide bonds. The van der Waals surface area contributed by atoms with Crippen molar-refractivity contribution in [1.82, 2.24) is 5.32 Å². The van der Waals surface area contributed by atoms with Gasteiger partial charge in [0, 0.05) is 17.5 Å². The Hall–Kier alpha value is -1.25. The van der Waals surface area contributed by atoms with Crippen molar-refractivity contribution in [3.63, 3.8) is 0 Å². The van der Waals surface area contributed by atoms with Crippen molar-refractivity contribution in [2.75, 3.05) is 6.26 Å². The van der Waals surface area contributed by atoms with Crippen LogP contribution in [-0.4, -0.2) is 12.3 Å². The van der Waals surface area contributed by atoms with Crippen LogP contribution in [0.5, 0.6) is 0 Å². The minimum absolute atomic E-state index is 0.756. The third kappa shape index (κ3) is 3.59. The first-order chi connectivity index (χ1) is 13.3. The van der Waals surface area contributed by atoms with Crippen molar-refractivity contribution in [3.05, 3.63) is 54.1 Å². The highest BCUT2D eigenvalue weighted by molar-refractivity contribution is 7.98. The summed E-state index contributed by atoms with van der Waals surface area (Å²) in [5, 5.41) is 3.97. The summed E-state index contributed by atoms with van der Waals surface area (Å²) in [7, 11) is 0. The molecule has 142 valence electrons. The van der Waals surface area contributed by atoms with Gasteiger partial charge in [0.05, 0.1) is 0 Å². The number of hydrogen-bond acceptors (Lipinski definition) is 2. The average molecular weight is 378 g/mol. The van der Waals surface area contributed by atoms with E-state index < -0.39 is 0 Å². The van der Waals surface area contributed by atoms with Gasteiger partial charge in [-0.2, -0.15) is 0 Å². The second-order valence-corrected chi connectivity index (χ2v) is 9.91. The predicted molar refractivity (Wildman–Crippen MR) is 116 cm³/mol. The number of fused-ring (bicyclic) bond motifs is 2. The van der Waals surface area contributed by atoms with Gasteiger partial charge < -0.3 is 5.32 Å². The molecule has 3 aliphatic carbocycles. The minimum atomic E-state index is 0.756. The monoisotopic (exact) mass is 377 g/mol. The standard InChI is InChI=1S/C25H31NS/c1-27-25-5-3-2-4-23(25)20-9-6-17(7-10-20)16-26-24-15-19-12-18-8-11-22(24)21(13-18)14-19/h2-7,9-10,18-19,21-22,24,26H,8,11-16H2,1H3. The van der Waals surface area contributed by atoms with Crippen LogP contribution < -0.4 is 5.32 Å². The molecule has 2 heteroatoms. The largest absolute Gasteiger partial charge is 0.310 e. The summed E-state index contributed by atoms with van der Waals surface area (Å²) in [6, 6.07) is 18.7. The number of hydrogen-bond donors (Lipinski definition) is 1. The number of benzene rings is 2. The van der Waals surface area contributed by atoms with Crippen LogP contribution in [0, 0.1) is 23.7 Å². The van der Waals surface area contributed by atoms with Crippen LogP contribution in [0.1, 0.15) is 44.1 Å². The summed E-state index contributed by atoms with van der Waals surface area (Å²) in [4.78, 5) is 1.35. The van der Waals surface area contributed by atoms with E-state index in [0.717, 1.165) is 36.3 Å². The van der Waals surface area contributed by atoms with E-state index in [2.05, 4.69) is 60.1 Å². The zero-order valence-electron chi connectivity index (χ0n) is 16.4. The Bertz CT molecular complexity index is 777. The van der Waals surface area contributed by atoms with Crippen molar-refractivity contribution in [3.8, 4) is 11.1 Å². The van der Waals surface area contributed by atoms with Crippen molar-refractivity contribution < 1.29 is 0 Å². The lowest BCUT2D eigenvalue weighted by Gasteiger charge is -2.52. The molecule has 1 N–H and O–H groups in total. The van der Waals surface area contributed by atoms with Gasteiger partial charge >= 0.3 is 0 Å². The minimum Gasteiger partial charge on any atom is -0.310 e. The molecule has 2 aromatic carbocycles. The summed E-state index contributed by atoms with van der Waals surface area (Å²) in [5.41, 5.74) is 4.10. The molecule has 5 rings (SSSR count). The first kappa shape index (κ1) is 17.8. The molecule has 0 saturated heterocycles. The van der Waals surface area contributed by atoms with Gasteiger partial charge in [-0.15, -0.1) is 11.8 Å². The highest BCUT2D eigenvalue weighted by Crippen LogP contribution is 2.52. The van der Waals surface area contributed by atoms with E-state index in [9.17, 15) is 0 Å². The fraction of sp³-hybridized carbons (Fsp3) is 0.520. The van der Waals surface area contributed by atoms with Gasteiger partial charge in [0.25, 0.3) is 0 Å². The third-order valence-corrected chi connectivity index (χ3v) is 8.29. The zero-order chi connectivity index (χ0) is 18.2. The van der Waals surface area contributed by atoms with Crippen molar-refractivity contribution >= 4 is 11.8 Å². The van der Waals surface area contributed by atoms with Gasteiger partial charge in [0.15, 0.2) is 0 Å². The first-order valence-corrected chi connectivity index (χ1v) is 12.0. The van der Waals surface area contributed by atoms with Crippen molar-refractivity contribution in [1.29, 1.82) is 0 Å². The second-order valence-electron chi connectivity index (χ2n) is 9.06. The Morgan fingerprint density at radius 2 is 1.70 bits per heavy atom. The van der Waals surface area contributed by atoms with Crippen LogP contribution in [0.25, 0.3) is 11.1 Å². The molecule has 27 heavy (non-hydrogen) atoms. The van der Waals surface area contributed by atoms with E-state index in [1.54, 1.807) is 0 Å². The second kappa shape index (κ2) is 7.64. The fourth-order valence-corrected chi connectivity index (χ4v) is 6.91. The molecule has 5 unspecified atom stereocenters. The van der Waals surface area contributed by atoms with Crippen LogP contribution >= 0.6 is 11.8 Å². The van der Waals surface area contributed by atoms with Crippen LogP contribution in [0.4, 0.5) is 0 Å². The maximum atomic E-state index is 3.97. The molecule has 3 bridgehead atoms. The first-order valence-electron chi connectivity index (χ1n) is 10.8. The molecular weight excluding hydrogens is 346 g/mol. The van der Waals surface area contributed by atoms with E-state index in [1.165, 1.54) is 60.1 Å². The summed E-state index contributed by atoms with van der Waals surface area (Å²) < 4.78 is 0. The van der Waals surface area contributed by atoms with E-state index in [-0.39, 0.29) is 0 Å². The fourth-order valence-electron chi connectivity index (χ4n) is 6.29. The summed E-state index contributed by atoms with van der Waals surface area (Å²) in [6.45, 7) is 1.02. The molecule has 5 atom stereocenters. The van der Waals surface area contributed by atoms with Crippen molar-refractivity contribution in [2.24, 2.45) is 23.7 Å². The number of nitrogens with one attached hydrogen (secondary N) is 1. The molecule has 0 aromatic heterocycles. The molecule has 0 spiro atoms. The molecular formula is C25H31NS. The lowest BCUT2D eigenvalue weighted by atomic mass is 9.56. The Kier molecular flexibility index (Phi) is 5.04. The maximum Gasteiger partial charge on any atom is 0.0208 e. The number of thioether (sulfide) groups is 1. The maximum absolute atomic E-state index is 3.97. The number of rotatable bonds is 5. The Morgan fingerprint density at radius 3 is 2.56 bits per heavy atom. The molecule has 0 heterocycles. The van der Waals surface area contributed by atoms with Crippen LogP contribution in [0.3, 0.4) is 0 Å². The third-order valence-electron chi connectivity index (χ3n) is 7.50. The quantitative estimate of drug-likeness (QED) is 0.607. The van der Waals surface area contributed by atoms with E-state index in [1.807, 2.05) is 11.8 Å². The van der Waals surface area contributed by atoms with Gasteiger partial charge in [-0.3, -0.25) is 0 Å². The van der Waals surface area contributed by atoms with Crippen LogP contribution in [-0.2, 0) is 6.54 Å². The average Bonchev–Trinajstić information content (AvgIpc) is 2.71. The molecule has 3 aliphatic rings. The molecule has 2 aromatic rings. The Labute approximate surface area is 168 Å². The van der Waals surface area contributed by atoms with Crippen LogP contribution in [0.15, 0.2) is 53.4 Å². The summed E-state index contributed by atoms with van der Waals surface area (Å²) in [6.07, 6.45) is 11.1. The normalized spacial score (nSPS) is 31.8. The van der Waals surface area contributed by atoms with Gasteiger partial charge in [-0.05, 0) is 84.8 Å².